The number of nitrogens with one attached hydrogen (secondary N) is 1. The van der Waals surface area contributed by atoms with Gasteiger partial charge in [0.2, 0.25) is 5.91 Å². The molecule has 1 aliphatic heterocycles. The molecule has 2 aromatic carbocycles. The summed E-state index contributed by atoms with van der Waals surface area (Å²) in [5, 5.41) is 4.03. The molecule has 0 fully saturated rings. The number of benzene rings is 2. The Morgan fingerprint density at radius 3 is 2.52 bits per heavy atom. The molecule has 1 aromatic heterocycles. The summed E-state index contributed by atoms with van der Waals surface area (Å²) in [6.45, 7) is 6.95. The first-order valence-corrected chi connectivity index (χ1v) is 11.2. The zero-order valence-corrected chi connectivity index (χ0v) is 19.8. The number of aromatic nitrogens is 1. The van der Waals surface area contributed by atoms with Gasteiger partial charge in [0.15, 0.2) is 11.5 Å². The Kier molecular flexibility index (Phi) is 6.06. The van der Waals surface area contributed by atoms with E-state index in [2.05, 4.69) is 19.2 Å². The monoisotopic (exact) mass is 449 g/mol. The van der Waals surface area contributed by atoms with Gasteiger partial charge in [0, 0.05) is 29.2 Å². The maximum absolute atomic E-state index is 13.9. The van der Waals surface area contributed by atoms with Gasteiger partial charge in [-0.25, -0.2) is 0 Å². The highest BCUT2D eigenvalue weighted by Crippen LogP contribution is 2.39. The lowest BCUT2D eigenvalue weighted by Crippen LogP contribution is -2.64. The van der Waals surface area contributed by atoms with Crippen molar-refractivity contribution in [2.24, 2.45) is 5.92 Å². The Hall–Kier alpha value is -3.48. The van der Waals surface area contributed by atoms with Gasteiger partial charge in [-0.05, 0) is 43.5 Å². The molecule has 1 aliphatic rings. The van der Waals surface area contributed by atoms with Gasteiger partial charge in [0.1, 0.15) is 11.2 Å². The van der Waals surface area contributed by atoms with E-state index in [9.17, 15) is 9.59 Å². The van der Waals surface area contributed by atoms with E-state index in [0.717, 1.165) is 17.3 Å². The van der Waals surface area contributed by atoms with Crippen molar-refractivity contribution in [3.05, 3.63) is 54.2 Å². The third-order valence-electron chi connectivity index (χ3n) is 6.31. The number of carbonyl (C=O) groups excluding carboxylic acids is 2. The average molecular weight is 450 g/mol. The zero-order valence-electron chi connectivity index (χ0n) is 19.8. The van der Waals surface area contributed by atoms with Crippen LogP contribution in [0, 0.1) is 5.92 Å². The van der Waals surface area contributed by atoms with E-state index >= 15 is 0 Å². The summed E-state index contributed by atoms with van der Waals surface area (Å²) in [4.78, 5) is 29.1. The molecule has 3 aromatic rings. The number of hydrogen-bond donors (Lipinski definition) is 1. The van der Waals surface area contributed by atoms with Crippen LogP contribution in [0.4, 0.5) is 5.69 Å². The number of amides is 2. The van der Waals surface area contributed by atoms with Crippen LogP contribution in [-0.4, -0.2) is 42.7 Å². The molecule has 1 unspecified atom stereocenters. The number of rotatable bonds is 7. The standard InChI is InChI=1S/C26H31N3O4/c1-17(2)12-13-27-25(31)26(3)16-28-20-9-7-6-8-18(20)14-21(28)24(30)29(26)19-10-11-22(32-4)23(15-19)33-5/h6-11,14-15,17H,12-13,16H2,1-5H3,(H,27,31). The molecular weight excluding hydrogens is 418 g/mol. The Balaban J connectivity index is 1.83. The molecular formula is C26H31N3O4. The second kappa shape index (κ2) is 8.81. The molecule has 0 bridgehead atoms. The smallest absolute Gasteiger partial charge is 0.275 e. The predicted octanol–water partition coefficient (Wildman–Crippen LogP) is 4.24. The molecule has 0 saturated heterocycles. The van der Waals surface area contributed by atoms with Gasteiger partial charge < -0.3 is 19.4 Å². The van der Waals surface area contributed by atoms with Crippen molar-refractivity contribution in [3.63, 3.8) is 0 Å². The van der Waals surface area contributed by atoms with Crippen LogP contribution < -0.4 is 19.7 Å². The Morgan fingerprint density at radius 2 is 1.82 bits per heavy atom. The molecule has 7 heteroatoms. The van der Waals surface area contributed by atoms with E-state index in [0.29, 0.717) is 41.9 Å². The summed E-state index contributed by atoms with van der Waals surface area (Å²) >= 11 is 0. The highest BCUT2D eigenvalue weighted by molar-refractivity contribution is 6.14. The highest BCUT2D eigenvalue weighted by atomic mass is 16.5. The molecule has 33 heavy (non-hydrogen) atoms. The highest BCUT2D eigenvalue weighted by Gasteiger charge is 2.48. The molecule has 1 atom stereocenters. The number of methoxy groups -OCH3 is 2. The van der Waals surface area contributed by atoms with Crippen LogP contribution in [-0.2, 0) is 11.3 Å². The number of fused-ring (bicyclic) bond motifs is 3. The molecule has 7 nitrogen and oxygen atoms in total. The topological polar surface area (TPSA) is 72.8 Å². The fraction of sp³-hybridized carbons (Fsp3) is 0.385. The second-order valence-corrected chi connectivity index (χ2v) is 9.07. The number of carbonyl (C=O) groups is 2. The van der Waals surface area contributed by atoms with Crippen molar-refractivity contribution >= 4 is 28.4 Å². The fourth-order valence-corrected chi connectivity index (χ4v) is 4.48. The molecule has 4 rings (SSSR count). The van der Waals surface area contributed by atoms with Crippen LogP contribution in [0.3, 0.4) is 0 Å². The van der Waals surface area contributed by atoms with Crippen molar-refractivity contribution < 1.29 is 19.1 Å². The van der Waals surface area contributed by atoms with Gasteiger partial charge in [-0.2, -0.15) is 0 Å². The van der Waals surface area contributed by atoms with Crippen LogP contribution in [0.5, 0.6) is 11.5 Å². The summed E-state index contributed by atoms with van der Waals surface area (Å²) in [7, 11) is 3.11. The minimum Gasteiger partial charge on any atom is -0.493 e. The molecule has 174 valence electrons. The van der Waals surface area contributed by atoms with Gasteiger partial charge in [0.05, 0.1) is 20.8 Å². The minimum atomic E-state index is -1.14. The molecule has 2 heterocycles. The predicted molar refractivity (Wildman–Crippen MR) is 129 cm³/mol. The van der Waals surface area contributed by atoms with Crippen LogP contribution in [0.2, 0.25) is 0 Å². The van der Waals surface area contributed by atoms with E-state index in [1.54, 1.807) is 37.3 Å². The summed E-state index contributed by atoms with van der Waals surface area (Å²) < 4.78 is 12.8. The molecule has 1 N–H and O–H groups in total. The van der Waals surface area contributed by atoms with Crippen LogP contribution in [0.15, 0.2) is 48.5 Å². The number of para-hydroxylation sites is 1. The first-order valence-electron chi connectivity index (χ1n) is 11.2. The maximum Gasteiger partial charge on any atom is 0.275 e. The first-order chi connectivity index (χ1) is 15.8. The van der Waals surface area contributed by atoms with Gasteiger partial charge in [0.25, 0.3) is 5.91 Å². The lowest BCUT2D eigenvalue weighted by molar-refractivity contribution is -0.126. The summed E-state index contributed by atoms with van der Waals surface area (Å²) in [6, 6.07) is 15.0. The fourth-order valence-electron chi connectivity index (χ4n) is 4.48. The van der Waals surface area contributed by atoms with Gasteiger partial charge in [-0.15, -0.1) is 0 Å². The lowest BCUT2D eigenvalue weighted by atomic mass is 9.93. The van der Waals surface area contributed by atoms with E-state index < -0.39 is 5.54 Å². The van der Waals surface area contributed by atoms with Gasteiger partial charge >= 0.3 is 0 Å². The molecule has 0 spiro atoms. The Morgan fingerprint density at radius 1 is 1.09 bits per heavy atom. The summed E-state index contributed by atoms with van der Waals surface area (Å²) in [6.07, 6.45) is 0.865. The molecule has 0 radical (unpaired) electrons. The van der Waals surface area contributed by atoms with E-state index in [4.69, 9.17) is 9.47 Å². The van der Waals surface area contributed by atoms with E-state index in [1.807, 2.05) is 41.8 Å². The summed E-state index contributed by atoms with van der Waals surface area (Å²) in [5.74, 6) is 1.10. The lowest BCUT2D eigenvalue weighted by Gasteiger charge is -2.44. The quantitative estimate of drug-likeness (QED) is 0.586. The number of hydrogen-bond acceptors (Lipinski definition) is 4. The second-order valence-electron chi connectivity index (χ2n) is 9.07. The molecule has 0 aliphatic carbocycles. The van der Waals surface area contributed by atoms with E-state index in [1.165, 1.54) is 0 Å². The zero-order chi connectivity index (χ0) is 23.8. The largest absolute Gasteiger partial charge is 0.493 e. The van der Waals surface area contributed by atoms with Crippen LogP contribution in [0.25, 0.3) is 10.9 Å². The van der Waals surface area contributed by atoms with Crippen molar-refractivity contribution in [1.29, 1.82) is 0 Å². The van der Waals surface area contributed by atoms with Crippen LogP contribution in [0.1, 0.15) is 37.7 Å². The van der Waals surface area contributed by atoms with Gasteiger partial charge in [-0.3, -0.25) is 14.5 Å². The number of nitrogens with zero attached hydrogens (tertiary/aromatic N) is 2. The Labute approximate surface area is 194 Å². The third-order valence-corrected chi connectivity index (χ3v) is 6.31. The molecule has 2 amide bonds. The number of ether oxygens (including phenoxy) is 2. The third kappa shape index (κ3) is 3.92. The Bertz CT molecular complexity index is 1200. The average Bonchev–Trinajstić information content (AvgIpc) is 3.17. The van der Waals surface area contributed by atoms with Crippen molar-refractivity contribution in [1.82, 2.24) is 9.88 Å². The van der Waals surface area contributed by atoms with Gasteiger partial charge in [-0.1, -0.05) is 32.0 Å². The van der Waals surface area contributed by atoms with E-state index in [-0.39, 0.29) is 11.8 Å². The SMILES string of the molecule is COc1ccc(N2C(=O)c3cc4ccccc4n3CC2(C)C(=O)NCCC(C)C)cc1OC. The van der Waals surface area contributed by atoms with Crippen molar-refractivity contribution in [3.8, 4) is 11.5 Å². The van der Waals surface area contributed by atoms with Crippen molar-refractivity contribution in [2.75, 3.05) is 25.7 Å². The minimum absolute atomic E-state index is 0.185. The normalized spacial score (nSPS) is 17.9. The number of anilines is 1. The van der Waals surface area contributed by atoms with Crippen molar-refractivity contribution in [2.45, 2.75) is 39.3 Å². The first kappa shape index (κ1) is 22.7. The molecule has 0 saturated carbocycles. The summed E-state index contributed by atoms with van der Waals surface area (Å²) in [5.41, 5.74) is 0.936. The maximum atomic E-state index is 13.9. The van der Waals surface area contributed by atoms with Crippen LogP contribution >= 0.6 is 0 Å².